The first-order chi connectivity index (χ1) is 24.3. The number of hydrogen-bond donors (Lipinski definition) is 3. The minimum absolute atomic E-state index is 0.00414. The van der Waals surface area contributed by atoms with Gasteiger partial charge in [-0.05, 0) is 46.5 Å². The molecule has 9 heteroatoms. The van der Waals surface area contributed by atoms with Crippen LogP contribution in [0.15, 0.2) is 116 Å². The van der Waals surface area contributed by atoms with E-state index in [0.29, 0.717) is 6.42 Å². The van der Waals surface area contributed by atoms with Crippen molar-refractivity contribution in [2.24, 2.45) is 5.92 Å². The number of aliphatic hydroxyl groups is 1. The number of nitrogens with one attached hydrogen (secondary N) is 2. The summed E-state index contributed by atoms with van der Waals surface area (Å²) in [6, 6.07) is 32.3. The lowest BCUT2D eigenvalue weighted by Gasteiger charge is -2.42. The quantitative estimate of drug-likeness (QED) is 0.106. The topological polar surface area (TPSA) is 109 Å². The van der Waals surface area contributed by atoms with Crippen molar-refractivity contribution in [3.05, 3.63) is 144 Å². The summed E-state index contributed by atoms with van der Waals surface area (Å²) in [4.78, 5) is 27.3. The van der Waals surface area contributed by atoms with Gasteiger partial charge in [-0.1, -0.05) is 110 Å². The molecule has 0 aromatic heterocycles. The number of aliphatic hydroxyl groups excluding tert-OH is 1. The molecule has 1 fully saturated rings. The number of methoxy groups -OCH3 is 1. The standard InChI is InChI=1S/C41H47N3O6/c1-5-22-44(3)26-37-28(2)38(33-16-14-30(27-45)15-17-33)50-40(49-37)34-20-18-32(19-21-34)35-13-9-12-31(23-35)25-42-41(47)43-36(39(46)48-4)24-29-10-7-6-8-11-29/h5-21,23,28,36-38,40,45H,1,22,24-27H2,2-4H3,(H2,42,43,47). The molecule has 0 saturated carbocycles. The summed E-state index contributed by atoms with van der Waals surface area (Å²) >= 11 is 0. The zero-order chi connectivity index (χ0) is 35.5. The largest absolute Gasteiger partial charge is 0.467 e. The fourth-order valence-corrected chi connectivity index (χ4v) is 6.20. The molecule has 3 N–H and O–H groups in total. The number of carbonyl (C=O) groups excluding carboxylic acids is 2. The SMILES string of the molecule is C=CCN(C)CC1OC(c2ccc(-c3cccc(CNC(=O)NC(Cc4ccccc4)C(=O)OC)c3)cc2)OC(c2ccc(CO)cc2)C1C. The van der Waals surface area contributed by atoms with Crippen LogP contribution in [0.2, 0.25) is 0 Å². The fourth-order valence-electron chi connectivity index (χ4n) is 6.20. The second-order valence-electron chi connectivity index (χ2n) is 12.7. The number of esters is 1. The highest BCUT2D eigenvalue weighted by molar-refractivity contribution is 5.83. The van der Waals surface area contributed by atoms with Gasteiger partial charge in [-0.15, -0.1) is 6.58 Å². The van der Waals surface area contributed by atoms with Crippen LogP contribution in [0.5, 0.6) is 0 Å². The van der Waals surface area contributed by atoms with E-state index < -0.39 is 24.3 Å². The summed E-state index contributed by atoms with van der Waals surface area (Å²) in [6.45, 7) is 7.79. The monoisotopic (exact) mass is 677 g/mol. The predicted octanol–water partition coefficient (Wildman–Crippen LogP) is 6.34. The molecule has 9 nitrogen and oxygen atoms in total. The average molecular weight is 678 g/mol. The van der Waals surface area contributed by atoms with Gasteiger partial charge in [-0.2, -0.15) is 0 Å². The normalized spacial score (nSPS) is 19.4. The average Bonchev–Trinajstić information content (AvgIpc) is 3.15. The molecule has 1 saturated heterocycles. The Kier molecular flexibility index (Phi) is 12.9. The van der Waals surface area contributed by atoms with E-state index in [1.165, 1.54) is 7.11 Å². The third kappa shape index (κ3) is 9.67. The minimum atomic E-state index is -0.807. The molecule has 4 aromatic rings. The van der Waals surface area contributed by atoms with Crippen LogP contribution in [-0.2, 0) is 38.6 Å². The number of rotatable bonds is 14. The molecule has 0 radical (unpaired) electrons. The maximum absolute atomic E-state index is 12.8. The Morgan fingerprint density at radius 2 is 1.60 bits per heavy atom. The van der Waals surface area contributed by atoms with Crippen molar-refractivity contribution in [3.63, 3.8) is 0 Å². The highest BCUT2D eigenvalue weighted by Gasteiger charge is 2.38. The summed E-state index contributed by atoms with van der Waals surface area (Å²) in [5.74, 6) is -0.415. The molecule has 5 atom stereocenters. The summed E-state index contributed by atoms with van der Waals surface area (Å²) in [7, 11) is 3.37. The number of nitrogens with zero attached hydrogens (tertiary/aromatic N) is 1. The highest BCUT2D eigenvalue weighted by Crippen LogP contribution is 2.42. The molecule has 5 rings (SSSR count). The summed E-state index contributed by atoms with van der Waals surface area (Å²) in [5, 5.41) is 15.1. The summed E-state index contributed by atoms with van der Waals surface area (Å²) < 4.78 is 18.1. The number of ether oxygens (including phenoxy) is 3. The molecule has 2 amide bonds. The van der Waals surface area contributed by atoms with Crippen LogP contribution in [0, 0.1) is 5.92 Å². The zero-order valence-electron chi connectivity index (χ0n) is 29.0. The van der Waals surface area contributed by atoms with Crippen LogP contribution in [0.4, 0.5) is 4.79 Å². The Hall–Kier alpha value is -4.80. The van der Waals surface area contributed by atoms with E-state index in [4.69, 9.17) is 14.2 Å². The van der Waals surface area contributed by atoms with E-state index >= 15 is 0 Å². The van der Waals surface area contributed by atoms with Crippen molar-refractivity contribution in [1.29, 1.82) is 0 Å². The molecular formula is C41H47N3O6. The number of urea groups is 1. The van der Waals surface area contributed by atoms with Crippen LogP contribution in [0.25, 0.3) is 11.1 Å². The van der Waals surface area contributed by atoms with E-state index in [9.17, 15) is 14.7 Å². The van der Waals surface area contributed by atoms with Crippen LogP contribution in [0.3, 0.4) is 0 Å². The lowest BCUT2D eigenvalue weighted by Crippen LogP contribution is -2.47. The van der Waals surface area contributed by atoms with Gasteiger partial charge in [0.25, 0.3) is 0 Å². The lowest BCUT2D eigenvalue weighted by molar-refractivity contribution is -0.275. The maximum Gasteiger partial charge on any atom is 0.328 e. The number of amides is 2. The molecule has 1 heterocycles. The van der Waals surface area contributed by atoms with E-state index in [1.807, 2.05) is 109 Å². The van der Waals surface area contributed by atoms with Gasteiger partial charge in [0.05, 0.1) is 25.9 Å². The van der Waals surface area contributed by atoms with E-state index in [0.717, 1.165) is 52.0 Å². The predicted molar refractivity (Wildman–Crippen MR) is 194 cm³/mol. The summed E-state index contributed by atoms with van der Waals surface area (Å²) in [5.41, 5.74) is 6.66. The maximum atomic E-state index is 12.8. The minimum Gasteiger partial charge on any atom is -0.467 e. The van der Waals surface area contributed by atoms with Gasteiger partial charge in [-0.25, -0.2) is 9.59 Å². The van der Waals surface area contributed by atoms with Crippen LogP contribution in [-0.4, -0.2) is 61.4 Å². The van der Waals surface area contributed by atoms with Crippen molar-refractivity contribution in [2.45, 2.75) is 51.0 Å². The second-order valence-corrected chi connectivity index (χ2v) is 12.7. The molecule has 262 valence electrons. The number of benzene rings is 4. The third-order valence-corrected chi connectivity index (χ3v) is 9.03. The highest BCUT2D eigenvalue weighted by atomic mass is 16.7. The first-order valence-corrected chi connectivity index (χ1v) is 16.9. The molecule has 0 spiro atoms. The Morgan fingerprint density at radius 3 is 2.28 bits per heavy atom. The molecule has 4 aromatic carbocycles. The van der Waals surface area contributed by atoms with Crippen LogP contribution in [0.1, 0.15) is 47.1 Å². The van der Waals surface area contributed by atoms with Crippen LogP contribution < -0.4 is 10.6 Å². The molecular weight excluding hydrogens is 630 g/mol. The molecule has 1 aliphatic rings. The van der Waals surface area contributed by atoms with Crippen LogP contribution >= 0.6 is 0 Å². The van der Waals surface area contributed by atoms with Gasteiger partial charge >= 0.3 is 12.0 Å². The van der Waals surface area contributed by atoms with Gasteiger partial charge < -0.3 is 34.9 Å². The van der Waals surface area contributed by atoms with Crippen molar-refractivity contribution in [1.82, 2.24) is 15.5 Å². The number of likely N-dealkylation sites (N-methyl/N-ethyl adjacent to an activating group) is 1. The lowest BCUT2D eigenvalue weighted by atomic mass is 9.90. The summed E-state index contributed by atoms with van der Waals surface area (Å²) in [6.07, 6.45) is 1.39. The Labute approximate surface area is 294 Å². The van der Waals surface area contributed by atoms with Gasteiger partial charge in [-0.3, -0.25) is 0 Å². The van der Waals surface area contributed by atoms with Gasteiger partial charge in [0, 0.05) is 37.5 Å². The van der Waals surface area contributed by atoms with Crippen molar-refractivity contribution in [3.8, 4) is 11.1 Å². The smallest absolute Gasteiger partial charge is 0.328 e. The molecule has 1 aliphatic heterocycles. The van der Waals surface area contributed by atoms with Crippen molar-refractivity contribution >= 4 is 12.0 Å². The third-order valence-electron chi connectivity index (χ3n) is 9.03. The number of carbonyl (C=O) groups is 2. The molecule has 0 aliphatic carbocycles. The van der Waals surface area contributed by atoms with Gasteiger partial charge in [0.15, 0.2) is 6.29 Å². The Morgan fingerprint density at radius 1 is 0.900 bits per heavy atom. The van der Waals surface area contributed by atoms with E-state index in [2.05, 4.69) is 36.1 Å². The van der Waals surface area contributed by atoms with Gasteiger partial charge in [0.1, 0.15) is 6.04 Å². The second kappa shape index (κ2) is 17.7. The van der Waals surface area contributed by atoms with E-state index in [-0.39, 0.29) is 31.3 Å². The zero-order valence-corrected chi connectivity index (χ0v) is 29.0. The van der Waals surface area contributed by atoms with Crippen molar-refractivity contribution < 1.29 is 28.9 Å². The Bertz CT molecular complexity index is 1700. The van der Waals surface area contributed by atoms with Crippen molar-refractivity contribution in [2.75, 3.05) is 27.2 Å². The van der Waals surface area contributed by atoms with Gasteiger partial charge in [0.2, 0.25) is 0 Å². The molecule has 0 bridgehead atoms. The first-order valence-electron chi connectivity index (χ1n) is 16.9. The molecule has 50 heavy (non-hydrogen) atoms. The first kappa shape index (κ1) is 36.5. The van der Waals surface area contributed by atoms with E-state index in [1.54, 1.807) is 0 Å². The number of hydrogen-bond acceptors (Lipinski definition) is 7. The fraction of sp³-hybridized carbons (Fsp3) is 0.317. The molecule has 5 unspecified atom stereocenters. The Balaban J connectivity index is 1.25.